The van der Waals surface area contributed by atoms with Crippen molar-refractivity contribution in [1.82, 2.24) is 15.0 Å². The number of nitrogens with zero attached hydrogens (tertiary/aromatic N) is 4. The van der Waals surface area contributed by atoms with Crippen molar-refractivity contribution >= 4 is 58.8 Å². The molecule has 0 amide bonds. The van der Waals surface area contributed by atoms with Gasteiger partial charge in [0, 0.05) is 6.42 Å². The number of hydrogen-bond acceptors (Lipinski definition) is 5. The molecule has 1 aliphatic carbocycles. The van der Waals surface area contributed by atoms with Crippen molar-refractivity contribution in [3.8, 4) is 0 Å². The molecule has 6 rings (SSSR count). The van der Waals surface area contributed by atoms with Gasteiger partial charge in [-0.1, -0.05) is 91.3 Å². The van der Waals surface area contributed by atoms with Crippen LogP contribution in [0, 0.1) is 38.5 Å². The van der Waals surface area contributed by atoms with Crippen LogP contribution in [0.25, 0.3) is 29.1 Å². The van der Waals surface area contributed by atoms with Crippen LogP contribution in [0.4, 0.5) is 0 Å². The standard InChI is InChI=1S/C41H48N4O5.Mg/c1-10-20(4)15-16-50-34(46)14-13-27-23(7)30-17-28-21(5)25(11-2)32(42-28)18-29-22(6)26(12-3)33(43-29)19-31-24(8)35-39(45-31)36(38(27)44-30)37(40(35)47)41(48)49-9;/h15,17-19,21,25,37,40,47H,10-14,16H2,1-9H3;/q-4;+2/b20-15+,28-17-,31-19-,32-18-;/t21?,25-,37-,40-;/m1./s1. The van der Waals surface area contributed by atoms with E-state index in [1.165, 1.54) is 7.11 Å². The zero-order chi connectivity index (χ0) is 36.0. The molecule has 3 aliphatic rings. The molecule has 1 unspecified atom stereocenters. The fourth-order valence-electron chi connectivity index (χ4n) is 7.79. The Labute approximate surface area is 316 Å². The minimum Gasteiger partial charge on any atom is -0.664 e. The maximum absolute atomic E-state index is 13.5. The first-order chi connectivity index (χ1) is 23.9. The van der Waals surface area contributed by atoms with E-state index in [4.69, 9.17) is 29.7 Å². The Bertz CT molecular complexity index is 2070. The molecule has 1 fully saturated rings. The third kappa shape index (κ3) is 6.82. The first-order valence-electron chi connectivity index (χ1n) is 17.9. The third-order valence-corrected chi connectivity index (χ3v) is 11.1. The van der Waals surface area contributed by atoms with Crippen molar-refractivity contribution in [1.29, 1.82) is 0 Å². The fourth-order valence-corrected chi connectivity index (χ4v) is 7.79. The second-order valence-electron chi connectivity index (χ2n) is 13.8. The summed E-state index contributed by atoms with van der Waals surface area (Å²) in [5.41, 5.74) is 11.9. The molecule has 266 valence electrons. The third-order valence-electron chi connectivity index (χ3n) is 11.1. The molecule has 1 N–H and O–H groups in total. The maximum Gasteiger partial charge on any atom is 2.00 e. The van der Waals surface area contributed by atoms with Gasteiger partial charge >= 0.3 is 35.0 Å². The Morgan fingerprint density at radius 2 is 1.61 bits per heavy atom. The van der Waals surface area contributed by atoms with E-state index < -0.39 is 18.0 Å². The van der Waals surface area contributed by atoms with Crippen LogP contribution in [0.3, 0.4) is 0 Å². The average molecular weight is 701 g/mol. The summed E-state index contributed by atoms with van der Waals surface area (Å²) in [4.78, 5) is 41.8. The average Bonchev–Trinajstić information content (AvgIpc) is 3.84. The molecule has 1 saturated heterocycles. The first-order valence-corrected chi connectivity index (χ1v) is 17.9. The van der Waals surface area contributed by atoms with Crippen LogP contribution < -0.4 is 25.7 Å². The smallest absolute Gasteiger partial charge is 0.664 e. The molecule has 0 spiro atoms. The van der Waals surface area contributed by atoms with E-state index in [0.29, 0.717) is 39.6 Å². The van der Waals surface area contributed by atoms with E-state index in [0.717, 1.165) is 75.4 Å². The number of carbonyl (C=O) groups is 2. The number of rotatable bonds is 9. The number of ether oxygens (including phenoxy) is 2. The molecule has 0 radical (unpaired) electrons. The van der Waals surface area contributed by atoms with Gasteiger partial charge in [-0.25, -0.2) is 0 Å². The van der Waals surface area contributed by atoms with Gasteiger partial charge in [-0.05, 0) is 70.4 Å². The first kappa shape index (κ1) is 38.5. The predicted molar refractivity (Wildman–Crippen MR) is 200 cm³/mol. The molecule has 0 saturated carbocycles. The van der Waals surface area contributed by atoms with Crippen LogP contribution in [-0.4, -0.2) is 53.8 Å². The molecule has 9 nitrogen and oxygen atoms in total. The Hall–Kier alpha value is -3.73. The Kier molecular flexibility index (Phi) is 11.7. The molecular formula is C41H48MgN4O5-2. The molecular weight excluding hydrogens is 653 g/mol. The van der Waals surface area contributed by atoms with E-state index in [1.807, 2.05) is 39.0 Å². The van der Waals surface area contributed by atoms with Gasteiger partial charge in [0.05, 0.1) is 13.2 Å². The normalized spacial score (nSPS) is 23.4. The fraction of sp³-hybridized carbons (Fsp3) is 0.463. The van der Waals surface area contributed by atoms with Crippen molar-refractivity contribution < 1.29 is 24.2 Å². The topological polar surface area (TPSA) is 129 Å². The Balaban J connectivity index is 0.00000504. The number of allylic oxidation sites excluding steroid dienone is 3. The van der Waals surface area contributed by atoms with Gasteiger partial charge in [0.15, 0.2) is 0 Å². The number of aliphatic hydroxyl groups is 1. The van der Waals surface area contributed by atoms with E-state index >= 15 is 0 Å². The zero-order valence-corrected chi connectivity index (χ0v) is 32.9. The molecule has 3 aromatic rings. The zero-order valence-electron chi connectivity index (χ0n) is 31.4. The van der Waals surface area contributed by atoms with Crippen LogP contribution in [0.15, 0.2) is 23.0 Å². The summed E-state index contributed by atoms with van der Waals surface area (Å²) in [6.07, 6.45) is 9.98. The van der Waals surface area contributed by atoms with Crippen LogP contribution in [0.2, 0.25) is 0 Å². The minimum absolute atomic E-state index is 0. The summed E-state index contributed by atoms with van der Waals surface area (Å²) in [5.74, 6) is -1.56. The number of esters is 2. The molecule has 10 heteroatoms. The number of aliphatic hydroxyl groups excluding tert-OH is 1. The van der Waals surface area contributed by atoms with Crippen LogP contribution in [0.1, 0.15) is 116 Å². The number of methoxy groups -OCH3 is 1. The largest absolute Gasteiger partial charge is 2.00 e. The number of carbonyl (C=O) groups excluding carboxylic acids is 2. The molecule has 4 atom stereocenters. The molecule has 3 aromatic heterocycles. The van der Waals surface area contributed by atoms with Crippen LogP contribution in [0.5, 0.6) is 0 Å². The van der Waals surface area contributed by atoms with Gasteiger partial charge in [0.1, 0.15) is 12.5 Å². The molecule has 8 bridgehead atoms. The second-order valence-corrected chi connectivity index (χ2v) is 13.8. The van der Waals surface area contributed by atoms with E-state index in [9.17, 15) is 14.7 Å². The number of aromatic nitrogens is 3. The molecule has 0 aromatic carbocycles. The summed E-state index contributed by atoms with van der Waals surface area (Å²) < 4.78 is 10.8. The van der Waals surface area contributed by atoms with Crippen molar-refractivity contribution in [2.24, 2.45) is 17.8 Å². The van der Waals surface area contributed by atoms with Gasteiger partial charge in [0.2, 0.25) is 0 Å². The SMILES string of the molecule is CC/C(C)=C/COC(=O)CCc1c2[n-]c(c1C)/C=C1\[N-]/C(=C\c3[n-]c(c(CC)c3C)/C=c3\[n-]c4c(c3C)[C@@H](O)[C@H](C(=O)OC)C=42)[C@H](CC)C1C.[Mg+2]. The van der Waals surface area contributed by atoms with Gasteiger partial charge in [-0.3, -0.25) is 9.59 Å². The molecule has 51 heavy (non-hydrogen) atoms. The number of fused-ring (bicyclic) bond motifs is 8. The van der Waals surface area contributed by atoms with E-state index in [2.05, 4.69) is 40.7 Å². The van der Waals surface area contributed by atoms with Gasteiger partial charge in [-0.15, -0.1) is 33.5 Å². The summed E-state index contributed by atoms with van der Waals surface area (Å²) in [6, 6.07) is 0. The van der Waals surface area contributed by atoms with Gasteiger partial charge in [-0.2, -0.15) is 11.4 Å². The van der Waals surface area contributed by atoms with E-state index in [1.54, 1.807) is 0 Å². The summed E-state index contributed by atoms with van der Waals surface area (Å²) in [6.45, 7) is 16.8. The van der Waals surface area contributed by atoms with Crippen molar-refractivity contribution in [2.75, 3.05) is 13.7 Å². The molecule has 5 heterocycles. The van der Waals surface area contributed by atoms with E-state index in [-0.39, 0.29) is 53.9 Å². The quantitative estimate of drug-likeness (QED) is 0.185. The Morgan fingerprint density at radius 1 is 0.922 bits per heavy atom. The molecule has 2 aliphatic heterocycles. The summed E-state index contributed by atoms with van der Waals surface area (Å²) in [5, 5.41) is 18.2. The van der Waals surface area contributed by atoms with Crippen molar-refractivity contribution in [3.05, 3.63) is 95.2 Å². The van der Waals surface area contributed by atoms with Crippen molar-refractivity contribution in [2.45, 2.75) is 93.6 Å². The summed E-state index contributed by atoms with van der Waals surface area (Å²) in [7, 11) is 1.32. The number of hydrogen-bond donors (Lipinski definition) is 1. The van der Waals surface area contributed by atoms with Crippen LogP contribution >= 0.6 is 0 Å². The minimum atomic E-state index is -1.18. The van der Waals surface area contributed by atoms with Crippen LogP contribution in [-0.2, 0) is 31.9 Å². The second kappa shape index (κ2) is 15.5. The maximum atomic E-state index is 13.5. The summed E-state index contributed by atoms with van der Waals surface area (Å²) >= 11 is 0. The monoisotopic (exact) mass is 700 g/mol. The van der Waals surface area contributed by atoms with Crippen molar-refractivity contribution in [3.63, 3.8) is 0 Å². The van der Waals surface area contributed by atoms with Gasteiger partial charge in [0.25, 0.3) is 0 Å². The van der Waals surface area contributed by atoms with Gasteiger partial charge < -0.3 is 34.8 Å². The Morgan fingerprint density at radius 3 is 2.27 bits per heavy atom. The predicted octanol–water partition coefficient (Wildman–Crippen LogP) is 5.11.